The molecule has 4 rings (SSSR count). The van der Waals surface area contributed by atoms with Crippen LogP contribution in [0.1, 0.15) is 10.4 Å². The van der Waals surface area contributed by atoms with Gasteiger partial charge in [0.15, 0.2) is 11.5 Å². The largest absolute Gasteiger partial charge is 0.486 e. The molecule has 0 unspecified atom stereocenters. The average Bonchev–Trinajstić information content (AvgIpc) is 2.70. The molecule has 1 amide bonds. The van der Waals surface area contributed by atoms with Crippen molar-refractivity contribution in [1.29, 1.82) is 0 Å². The standard InChI is InChI=1S/C19H15ClN4O3/c20-13-1-3-14(4-2-13)23-18(25)12-10-21-19(22-11-12)24-15-5-6-16-17(9-15)27-8-7-26-16/h1-6,9-11H,7-8H2,(H,23,25)(H,21,22,24). The molecular weight excluding hydrogens is 368 g/mol. The van der Waals surface area contributed by atoms with Gasteiger partial charge in [0.1, 0.15) is 13.2 Å². The highest BCUT2D eigenvalue weighted by atomic mass is 35.5. The number of halogens is 1. The molecule has 3 aromatic rings. The van der Waals surface area contributed by atoms with E-state index in [0.717, 1.165) is 5.69 Å². The van der Waals surface area contributed by atoms with Gasteiger partial charge in [-0.2, -0.15) is 0 Å². The molecule has 0 atom stereocenters. The van der Waals surface area contributed by atoms with Crippen LogP contribution in [0.2, 0.25) is 5.02 Å². The Morgan fingerprint density at radius 2 is 1.59 bits per heavy atom. The number of carbonyl (C=O) groups excluding carboxylic acids is 1. The number of hydrogen-bond acceptors (Lipinski definition) is 6. The molecule has 2 N–H and O–H groups in total. The van der Waals surface area contributed by atoms with E-state index in [1.807, 2.05) is 18.2 Å². The predicted molar refractivity (Wildman–Crippen MR) is 102 cm³/mol. The molecule has 0 spiro atoms. The van der Waals surface area contributed by atoms with E-state index in [-0.39, 0.29) is 5.91 Å². The minimum absolute atomic E-state index is 0.303. The van der Waals surface area contributed by atoms with Crippen LogP contribution in [0.4, 0.5) is 17.3 Å². The Balaban J connectivity index is 1.42. The average molecular weight is 383 g/mol. The molecule has 7 nitrogen and oxygen atoms in total. The molecule has 0 radical (unpaired) electrons. The number of hydrogen-bond donors (Lipinski definition) is 2. The molecule has 1 aliphatic heterocycles. The zero-order chi connectivity index (χ0) is 18.6. The monoisotopic (exact) mass is 382 g/mol. The van der Waals surface area contributed by atoms with Crippen LogP contribution >= 0.6 is 11.6 Å². The van der Waals surface area contributed by atoms with Gasteiger partial charge in [0.2, 0.25) is 5.95 Å². The second-order valence-corrected chi connectivity index (χ2v) is 6.18. The molecular formula is C19H15ClN4O3. The quantitative estimate of drug-likeness (QED) is 0.711. The highest BCUT2D eigenvalue weighted by Gasteiger charge is 2.12. The molecule has 0 fully saturated rings. The summed E-state index contributed by atoms with van der Waals surface area (Å²) in [6.07, 6.45) is 2.91. The summed E-state index contributed by atoms with van der Waals surface area (Å²) in [4.78, 5) is 20.6. The Hall–Kier alpha value is -3.32. The number of nitrogens with one attached hydrogen (secondary N) is 2. The lowest BCUT2D eigenvalue weighted by molar-refractivity contribution is 0.102. The van der Waals surface area contributed by atoms with Crippen molar-refractivity contribution in [3.63, 3.8) is 0 Å². The summed E-state index contributed by atoms with van der Waals surface area (Å²) in [5, 5.41) is 6.43. The van der Waals surface area contributed by atoms with Crippen LogP contribution in [0.25, 0.3) is 0 Å². The van der Waals surface area contributed by atoms with Crippen molar-refractivity contribution < 1.29 is 14.3 Å². The van der Waals surface area contributed by atoms with Crippen LogP contribution in [0.5, 0.6) is 11.5 Å². The first-order valence-electron chi connectivity index (χ1n) is 8.23. The number of fused-ring (bicyclic) bond motifs is 1. The lowest BCUT2D eigenvalue weighted by atomic mass is 10.2. The SMILES string of the molecule is O=C(Nc1ccc(Cl)cc1)c1cnc(Nc2ccc3c(c2)OCCO3)nc1. The maximum Gasteiger partial charge on any atom is 0.258 e. The zero-order valence-electron chi connectivity index (χ0n) is 14.1. The van der Waals surface area contributed by atoms with Crippen molar-refractivity contribution in [2.45, 2.75) is 0 Å². The van der Waals surface area contributed by atoms with E-state index in [1.165, 1.54) is 12.4 Å². The Morgan fingerprint density at radius 3 is 2.33 bits per heavy atom. The summed E-state index contributed by atoms with van der Waals surface area (Å²) in [7, 11) is 0. The van der Waals surface area contributed by atoms with Gasteiger partial charge in [0.25, 0.3) is 5.91 Å². The molecule has 8 heteroatoms. The number of ether oxygens (including phenoxy) is 2. The zero-order valence-corrected chi connectivity index (χ0v) is 14.9. The fraction of sp³-hybridized carbons (Fsp3) is 0.105. The van der Waals surface area contributed by atoms with Crippen molar-refractivity contribution in [3.8, 4) is 11.5 Å². The van der Waals surface area contributed by atoms with E-state index in [1.54, 1.807) is 24.3 Å². The van der Waals surface area contributed by atoms with Crippen LogP contribution in [0.15, 0.2) is 54.9 Å². The third-order valence-corrected chi connectivity index (χ3v) is 4.07. The number of anilines is 3. The number of nitrogens with zero attached hydrogens (tertiary/aromatic N) is 2. The van der Waals surface area contributed by atoms with E-state index in [4.69, 9.17) is 21.1 Å². The smallest absolute Gasteiger partial charge is 0.258 e. The maximum absolute atomic E-state index is 12.3. The second kappa shape index (κ2) is 7.51. The summed E-state index contributed by atoms with van der Waals surface area (Å²) in [5.41, 5.74) is 1.75. The number of rotatable bonds is 4. The Bertz CT molecular complexity index is 962. The fourth-order valence-electron chi connectivity index (χ4n) is 2.50. The van der Waals surface area contributed by atoms with Crippen LogP contribution in [-0.4, -0.2) is 29.1 Å². The number of benzene rings is 2. The molecule has 1 aromatic heterocycles. The topological polar surface area (TPSA) is 85.4 Å². The highest BCUT2D eigenvalue weighted by molar-refractivity contribution is 6.30. The Morgan fingerprint density at radius 1 is 0.926 bits per heavy atom. The second-order valence-electron chi connectivity index (χ2n) is 5.74. The molecule has 136 valence electrons. The van der Waals surface area contributed by atoms with E-state index < -0.39 is 0 Å². The molecule has 2 aromatic carbocycles. The number of aromatic nitrogens is 2. The molecule has 0 saturated carbocycles. The van der Waals surface area contributed by atoms with Crippen LogP contribution in [-0.2, 0) is 0 Å². The van der Waals surface area contributed by atoms with Gasteiger partial charge in [-0.1, -0.05) is 11.6 Å². The normalized spacial score (nSPS) is 12.3. The lowest BCUT2D eigenvalue weighted by Crippen LogP contribution is -2.15. The predicted octanol–water partition coefficient (Wildman–Crippen LogP) is 3.90. The maximum atomic E-state index is 12.3. The van der Waals surface area contributed by atoms with Gasteiger partial charge in [-0.05, 0) is 36.4 Å². The number of amides is 1. The summed E-state index contributed by atoms with van der Waals surface area (Å²) >= 11 is 5.83. The summed E-state index contributed by atoms with van der Waals surface area (Å²) in [6.45, 7) is 1.06. The molecule has 0 saturated heterocycles. The molecule has 2 heterocycles. The van der Waals surface area contributed by atoms with Gasteiger partial charge >= 0.3 is 0 Å². The van der Waals surface area contributed by atoms with Crippen molar-refractivity contribution in [2.75, 3.05) is 23.8 Å². The lowest BCUT2D eigenvalue weighted by Gasteiger charge is -2.18. The molecule has 27 heavy (non-hydrogen) atoms. The van der Waals surface area contributed by atoms with Crippen LogP contribution in [0.3, 0.4) is 0 Å². The minimum atomic E-state index is -0.303. The summed E-state index contributed by atoms with van der Waals surface area (Å²) in [6, 6.07) is 12.3. The molecule has 0 bridgehead atoms. The fourth-order valence-corrected chi connectivity index (χ4v) is 2.62. The molecule has 1 aliphatic rings. The van der Waals surface area contributed by atoms with E-state index in [2.05, 4.69) is 20.6 Å². The molecule has 0 aliphatic carbocycles. The van der Waals surface area contributed by atoms with Crippen molar-refractivity contribution >= 4 is 34.8 Å². The van der Waals surface area contributed by atoms with Crippen molar-refractivity contribution in [2.24, 2.45) is 0 Å². The first-order chi connectivity index (χ1) is 13.2. The van der Waals surface area contributed by atoms with Crippen LogP contribution in [0, 0.1) is 0 Å². The first-order valence-corrected chi connectivity index (χ1v) is 8.61. The Kier molecular flexibility index (Phi) is 4.76. The van der Waals surface area contributed by atoms with E-state index in [9.17, 15) is 4.79 Å². The van der Waals surface area contributed by atoms with Gasteiger partial charge in [0.05, 0.1) is 5.56 Å². The van der Waals surface area contributed by atoms with Gasteiger partial charge in [-0.15, -0.1) is 0 Å². The summed E-state index contributed by atoms with van der Waals surface area (Å²) < 4.78 is 11.0. The minimum Gasteiger partial charge on any atom is -0.486 e. The van der Waals surface area contributed by atoms with Gasteiger partial charge in [0, 0.05) is 34.9 Å². The van der Waals surface area contributed by atoms with Gasteiger partial charge in [-0.3, -0.25) is 4.79 Å². The van der Waals surface area contributed by atoms with Crippen molar-refractivity contribution in [3.05, 3.63) is 65.4 Å². The Labute approximate surface area is 160 Å². The highest BCUT2D eigenvalue weighted by Crippen LogP contribution is 2.33. The summed E-state index contributed by atoms with van der Waals surface area (Å²) in [5.74, 6) is 1.45. The number of carbonyl (C=O) groups is 1. The first kappa shape index (κ1) is 17.1. The van der Waals surface area contributed by atoms with Crippen LogP contribution < -0.4 is 20.1 Å². The van der Waals surface area contributed by atoms with E-state index in [0.29, 0.717) is 46.9 Å². The van der Waals surface area contributed by atoms with Gasteiger partial charge < -0.3 is 20.1 Å². The van der Waals surface area contributed by atoms with Gasteiger partial charge in [-0.25, -0.2) is 9.97 Å². The van der Waals surface area contributed by atoms with Crippen molar-refractivity contribution in [1.82, 2.24) is 9.97 Å². The third kappa shape index (κ3) is 4.09. The third-order valence-electron chi connectivity index (χ3n) is 3.81. The van der Waals surface area contributed by atoms with E-state index >= 15 is 0 Å².